The molecule has 11 heteroatoms. The van der Waals surface area contributed by atoms with Gasteiger partial charge in [0.15, 0.2) is 0 Å². The van der Waals surface area contributed by atoms with Crippen molar-refractivity contribution in [1.29, 1.82) is 0 Å². The van der Waals surface area contributed by atoms with Gasteiger partial charge in [-0.3, -0.25) is 9.52 Å². The number of halogens is 2. The molecule has 4 rings (SSSR count). The van der Waals surface area contributed by atoms with E-state index in [9.17, 15) is 13.2 Å². The van der Waals surface area contributed by atoms with Crippen molar-refractivity contribution in [2.45, 2.75) is 17.7 Å². The van der Waals surface area contributed by atoms with Crippen LogP contribution in [-0.2, 0) is 10.0 Å². The molecular formula is C26H32Cl2N4O4S. The molecule has 1 aliphatic heterocycles. The van der Waals surface area contributed by atoms with E-state index in [2.05, 4.69) is 10.0 Å². The van der Waals surface area contributed by atoms with Gasteiger partial charge in [-0.1, -0.05) is 24.3 Å². The number of nitrogens with zero attached hydrogens (tertiary/aromatic N) is 1. The summed E-state index contributed by atoms with van der Waals surface area (Å²) in [6, 6.07) is 19.2. The topological polar surface area (TPSA) is 114 Å². The summed E-state index contributed by atoms with van der Waals surface area (Å²) < 4.78 is 34.7. The van der Waals surface area contributed by atoms with Crippen LogP contribution in [0, 0.1) is 0 Å². The average molecular weight is 568 g/mol. The lowest BCUT2D eigenvalue weighted by atomic mass is 10.0. The number of nitrogens with two attached hydrogens (primary N) is 1. The van der Waals surface area contributed by atoms with Crippen LogP contribution < -0.4 is 20.5 Å². The van der Waals surface area contributed by atoms with Gasteiger partial charge in [-0.2, -0.15) is 0 Å². The Balaban J connectivity index is 0.00000241. The van der Waals surface area contributed by atoms with Crippen molar-refractivity contribution in [3.05, 3.63) is 72.3 Å². The highest BCUT2D eigenvalue weighted by atomic mass is 35.5. The number of benzene rings is 3. The number of hydrogen-bond acceptors (Lipinski definition) is 6. The minimum Gasteiger partial charge on any atom is -0.495 e. The fraction of sp³-hybridized carbons (Fsp3) is 0.269. The number of anilines is 2. The summed E-state index contributed by atoms with van der Waals surface area (Å²) in [4.78, 5) is 14.7. The van der Waals surface area contributed by atoms with Crippen molar-refractivity contribution in [1.82, 2.24) is 4.90 Å². The second-order valence-corrected chi connectivity index (χ2v) is 10.00. The van der Waals surface area contributed by atoms with Gasteiger partial charge in [0.25, 0.3) is 15.9 Å². The predicted octanol–water partition coefficient (Wildman–Crippen LogP) is 4.61. The molecule has 1 fully saturated rings. The maximum absolute atomic E-state index is 13.3. The molecule has 0 atom stereocenters. The molecule has 1 saturated heterocycles. The van der Waals surface area contributed by atoms with E-state index >= 15 is 0 Å². The van der Waals surface area contributed by atoms with Crippen LogP contribution in [0.4, 0.5) is 11.4 Å². The number of amides is 1. The highest BCUT2D eigenvalue weighted by molar-refractivity contribution is 7.92. The smallest absolute Gasteiger partial charge is 0.265 e. The third-order valence-electron chi connectivity index (χ3n) is 5.88. The molecule has 3 aromatic carbocycles. The Kier molecular flexibility index (Phi) is 11.1. The molecule has 200 valence electrons. The van der Waals surface area contributed by atoms with Gasteiger partial charge in [-0.15, -0.1) is 24.8 Å². The maximum atomic E-state index is 13.3. The van der Waals surface area contributed by atoms with Gasteiger partial charge in [-0.05, 0) is 66.4 Å². The molecule has 0 spiro atoms. The van der Waals surface area contributed by atoms with Crippen LogP contribution in [0.2, 0.25) is 0 Å². The van der Waals surface area contributed by atoms with Crippen molar-refractivity contribution < 1.29 is 17.9 Å². The van der Waals surface area contributed by atoms with Gasteiger partial charge in [0.1, 0.15) is 10.6 Å². The van der Waals surface area contributed by atoms with Crippen LogP contribution in [0.3, 0.4) is 0 Å². The van der Waals surface area contributed by atoms with Crippen LogP contribution >= 0.6 is 24.8 Å². The van der Waals surface area contributed by atoms with Crippen LogP contribution in [0.25, 0.3) is 11.1 Å². The molecule has 1 amide bonds. The number of methoxy groups -OCH3 is 1. The largest absolute Gasteiger partial charge is 0.495 e. The number of carbonyl (C=O) groups is 1. The summed E-state index contributed by atoms with van der Waals surface area (Å²) in [6.45, 7) is 2.57. The molecule has 0 bridgehead atoms. The first-order chi connectivity index (χ1) is 16.9. The molecule has 0 aromatic heterocycles. The van der Waals surface area contributed by atoms with Crippen LogP contribution in [-0.4, -0.2) is 52.5 Å². The molecule has 37 heavy (non-hydrogen) atoms. The lowest BCUT2D eigenvalue weighted by molar-refractivity contribution is 0.0793. The van der Waals surface area contributed by atoms with E-state index in [1.807, 2.05) is 23.1 Å². The summed E-state index contributed by atoms with van der Waals surface area (Å²) in [5, 5.41) is 3.13. The number of sulfonamides is 1. The summed E-state index contributed by atoms with van der Waals surface area (Å²) in [5.74, 6) is 0.221. The quantitative estimate of drug-likeness (QED) is 0.348. The SMILES string of the molecule is COc1ccc(-c2cccc(C(=O)N3CCCC3)c2)cc1S(=O)(=O)Nc1cccc(NCCN)c1.Cl.Cl. The third kappa shape index (κ3) is 7.29. The fourth-order valence-electron chi connectivity index (χ4n) is 4.12. The number of ether oxygens (including phenoxy) is 1. The molecule has 0 radical (unpaired) electrons. The molecule has 8 nitrogen and oxygen atoms in total. The Bertz CT molecular complexity index is 1320. The molecular weight excluding hydrogens is 535 g/mol. The zero-order chi connectivity index (χ0) is 24.8. The normalized spacial score (nSPS) is 12.8. The number of rotatable bonds is 9. The predicted molar refractivity (Wildman–Crippen MR) is 153 cm³/mol. The van der Waals surface area contributed by atoms with E-state index in [0.29, 0.717) is 29.9 Å². The first kappa shape index (κ1) is 30.2. The summed E-state index contributed by atoms with van der Waals surface area (Å²) in [7, 11) is -2.53. The monoisotopic (exact) mass is 566 g/mol. The first-order valence-electron chi connectivity index (χ1n) is 11.6. The van der Waals surface area contributed by atoms with Gasteiger partial charge < -0.3 is 20.7 Å². The summed E-state index contributed by atoms with van der Waals surface area (Å²) in [5.41, 5.74) is 8.72. The highest BCUT2D eigenvalue weighted by Crippen LogP contribution is 2.32. The Hall–Kier alpha value is -2.98. The first-order valence-corrected chi connectivity index (χ1v) is 13.0. The highest BCUT2D eigenvalue weighted by Gasteiger charge is 2.22. The Morgan fingerprint density at radius 2 is 1.62 bits per heavy atom. The van der Waals surface area contributed by atoms with Gasteiger partial charge >= 0.3 is 0 Å². The van der Waals surface area contributed by atoms with E-state index < -0.39 is 10.0 Å². The molecule has 0 saturated carbocycles. The Morgan fingerprint density at radius 3 is 2.32 bits per heavy atom. The minimum absolute atomic E-state index is 0. The zero-order valence-electron chi connectivity index (χ0n) is 20.5. The standard InChI is InChI=1S/C26H30N4O4S.2ClH/c1-34-24-11-10-20(19-6-4-7-21(16-19)26(31)30-14-2-3-15-30)17-25(24)35(32,33)29-23-9-5-8-22(18-23)28-13-12-27;;/h4-11,16-18,28-29H,2-3,12-15,27H2,1H3;2*1H. The molecule has 0 unspecified atom stereocenters. The van der Waals surface area contributed by atoms with Crippen LogP contribution in [0.5, 0.6) is 5.75 Å². The van der Waals surface area contributed by atoms with E-state index in [4.69, 9.17) is 10.5 Å². The molecule has 0 aliphatic carbocycles. The fourth-order valence-corrected chi connectivity index (χ4v) is 5.37. The molecule has 4 N–H and O–H groups in total. The van der Waals surface area contributed by atoms with Crippen molar-refractivity contribution in [3.63, 3.8) is 0 Å². The second kappa shape index (κ2) is 13.5. The van der Waals surface area contributed by atoms with Crippen molar-refractivity contribution in [3.8, 4) is 16.9 Å². The van der Waals surface area contributed by atoms with E-state index in [1.165, 1.54) is 7.11 Å². The minimum atomic E-state index is -3.97. The van der Waals surface area contributed by atoms with Gasteiger partial charge in [0.2, 0.25) is 0 Å². The van der Waals surface area contributed by atoms with Crippen LogP contribution in [0.1, 0.15) is 23.2 Å². The van der Waals surface area contributed by atoms with E-state index in [0.717, 1.165) is 37.2 Å². The lowest BCUT2D eigenvalue weighted by Crippen LogP contribution is -2.27. The molecule has 1 heterocycles. The summed E-state index contributed by atoms with van der Waals surface area (Å²) >= 11 is 0. The Labute approximate surface area is 230 Å². The second-order valence-electron chi connectivity index (χ2n) is 8.35. The summed E-state index contributed by atoms with van der Waals surface area (Å²) in [6.07, 6.45) is 2.04. The number of nitrogens with one attached hydrogen (secondary N) is 2. The number of carbonyl (C=O) groups excluding carboxylic acids is 1. The molecule has 1 aliphatic rings. The van der Waals surface area contributed by atoms with Crippen molar-refractivity contribution in [2.24, 2.45) is 5.73 Å². The third-order valence-corrected chi connectivity index (χ3v) is 7.28. The number of hydrogen-bond donors (Lipinski definition) is 3. The van der Waals surface area contributed by atoms with Gasteiger partial charge in [0.05, 0.1) is 12.8 Å². The Morgan fingerprint density at radius 1 is 0.946 bits per heavy atom. The van der Waals surface area contributed by atoms with Crippen LogP contribution in [0.15, 0.2) is 71.6 Å². The van der Waals surface area contributed by atoms with Crippen molar-refractivity contribution >= 4 is 52.1 Å². The average Bonchev–Trinajstić information content (AvgIpc) is 3.42. The number of likely N-dealkylation sites (tertiary alicyclic amines) is 1. The van der Waals surface area contributed by atoms with Gasteiger partial charge in [0, 0.05) is 37.4 Å². The lowest BCUT2D eigenvalue weighted by Gasteiger charge is -2.16. The molecule has 3 aromatic rings. The maximum Gasteiger partial charge on any atom is 0.265 e. The van der Waals surface area contributed by atoms with E-state index in [-0.39, 0.29) is 41.4 Å². The zero-order valence-corrected chi connectivity index (χ0v) is 22.9. The van der Waals surface area contributed by atoms with Gasteiger partial charge in [-0.25, -0.2) is 8.42 Å². The van der Waals surface area contributed by atoms with E-state index in [1.54, 1.807) is 48.5 Å². The van der Waals surface area contributed by atoms with Crippen molar-refractivity contribution in [2.75, 3.05) is 43.3 Å².